The molecule has 2 saturated heterocycles. The Balaban J connectivity index is 1.51. The predicted octanol–water partition coefficient (Wildman–Crippen LogP) is 3.44. The average Bonchev–Trinajstić information content (AvgIpc) is 3.43. The van der Waals surface area contributed by atoms with Crippen molar-refractivity contribution in [2.75, 3.05) is 27.2 Å². The normalized spacial score (nSPS) is 21.7. The van der Waals surface area contributed by atoms with Crippen LogP contribution in [-0.4, -0.2) is 90.6 Å². The number of likely N-dealkylation sites (N-methyl/N-ethyl adjacent to an activating group) is 1. The largest absolute Gasteiger partial charge is 0.497 e. The van der Waals surface area contributed by atoms with Gasteiger partial charge in [-0.15, -0.1) is 0 Å². The van der Waals surface area contributed by atoms with Crippen molar-refractivity contribution < 1.29 is 28.7 Å². The van der Waals surface area contributed by atoms with Crippen molar-refractivity contribution in [2.24, 2.45) is 11.7 Å². The summed E-state index contributed by atoms with van der Waals surface area (Å²) >= 11 is 0. The molecule has 2 heterocycles. The summed E-state index contributed by atoms with van der Waals surface area (Å²) in [5.74, 6) is -0.355. The molecule has 4 N–H and O–H groups in total. The van der Waals surface area contributed by atoms with E-state index in [0.29, 0.717) is 38.8 Å². The molecule has 2 aromatic rings. The van der Waals surface area contributed by atoms with Crippen molar-refractivity contribution in [1.82, 2.24) is 20.4 Å². The second kappa shape index (κ2) is 16.1. The lowest BCUT2D eigenvalue weighted by molar-refractivity contribution is -0.144. The second-order valence-corrected chi connectivity index (χ2v) is 13.6. The maximum absolute atomic E-state index is 14.4. The Labute approximate surface area is 278 Å². The van der Waals surface area contributed by atoms with E-state index < -0.39 is 35.7 Å². The molecule has 47 heavy (non-hydrogen) atoms. The minimum Gasteiger partial charge on any atom is -0.497 e. The van der Waals surface area contributed by atoms with Crippen LogP contribution in [0.3, 0.4) is 0 Å². The first-order valence-corrected chi connectivity index (χ1v) is 16.6. The number of nitrogens with zero attached hydrogens (tertiary/aromatic N) is 2. The van der Waals surface area contributed by atoms with Gasteiger partial charge in [0.15, 0.2) is 0 Å². The van der Waals surface area contributed by atoms with Gasteiger partial charge in [0.1, 0.15) is 29.5 Å². The number of hydrogen-bond donors (Lipinski definition) is 3. The molecule has 0 aromatic heterocycles. The van der Waals surface area contributed by atoms with Crippen LogP contribution in [0.4, 0.5) is 4.79 Å². The van der Waals surface area contributed by atoms with Gasteiger partial charge < -0.3 is 30.7 Å². The van der Waals surface area contributed by atoms with Crippen LogP contribution in [0, 0.1) is 5.92 Å². The number of nitrogens with one attached hydrogen (secondary N) is 2. The second-order valence-electron chi connectivity index (χ2n) is 13.6. The minimum absolute atomic E-state index is 0.0911. The van der Waals surface area contributed by atoms with Crippen molar-refractivity contribution in [1.29, 1.82) is 0 Å². The first-order valence-electron chi connectivity index (χ1n) is 16.6. The Morgan fingerprint density at radius 1 is 1.00 bits per heavy atom. The van der Waals surface area contributed by atoms with Gasteiger partial charge in [0.25, 0.3) is 0 Å². The third-order valence-corrected chi connectivity index (χ3v) is 9.10. The highest BCUT2D eigenvalue weighted by atomic mass is 16.6. The molecule has 2 aliphatic heterocycles. The average molecular weight is 650 g/mol. The zero-order valence-electron chi connectivity index (χ0n) is 28.4. The smallest absolute Gasteiger partial charge is 0.410 e. The van der Waals surface area contributed by atoms with Gasteiger partial charge >= 0.3 is 6.09 Å². The Kier molecular flexibility index (Phi) is 12.3. The van der Waals surface area contributed by atoms with Crippen LogP contribution in [0.25, 0.3) is 0 Å². The molecule has 256 valence electrons. The summed E-state index contributed by atoms with van der Waals surface area (Å²) in [6.45, 7) is 6.10. The zero-order valence-corrected chi connectivity index (χ0v) is 28.4. The van der Waals surface area contributed by atoms with Crippen LogP contribution >= 0.6 is 0 Å². The molecule has 0 radical (unpaired) electrons. The molecule has 0 unspecified atom stereocenters. The Hall–Kier alpha value is -4.12. The number of fused-ring (bicyclic) bond motifs is 1. The molecule has 0 aliphatic carbocycles. The Morgan fingerprint density at radius 2 is 1.68 bits per heavy atom. The van der Waals surface area contributed by atoms with Crippen molar-refractivity contribution >= 4 is 23.8 Å². The monoisotopic (exact) mass is 649 g/mol. The van der Waals surface area contributed by atoms with Crippen molar-refractivity contribution in [3.05, 3.63) is 65.7 Å². The van der Waals surface area contributed by atoms with E-state index in [1.165, 1.54) is 11.9 Å². The number of benzene rings is 2. The van der Waals surface area contributed by atoms with Crippen molar-refractivity contribution in [3.8, 4) is 5.75 Å². The molecule has 0 spiro atoms. The number of amides is 4. The van der Waals surface area contributed by atoms with Gasteiger partial charge in [-0.05, 0) is 95.0 Å². The van der Waals surface area contributed by atoms with E-state index in [0.717, 1.165) is 29.7 Å². The molecule has 2 aliphatic rings. The topological polar surface area (TPSA) is 143 Å². The Morgan fingerprint density at radius 3 is 2.32 bits per heavy atom. The van der Waals surface area contributed by atoms with E-state index in [9.17, 15) is 19.2 Å². The van der Waals surface area contributed by atoms with E-state index in [4.69, 9.17) is 15.2 Å². The summed E-state index contributed by atoms with van der Waals surface area (Å²) in [7, 11) is 3.16. The van der Waals surface area contributed by atoms with Crippen LogP contribution in [0.2, 0.25) is 0 Å². The van der Waals surface area contributed by atoms with Crippen LogP contribution in [0.5, 0.6) is 5.75 Å². The highest BCUT2D eigenvalue weighted by molar-refractivity contribution is 5.95. The number of nitrogens with two attached hydrogens (primary N) is 1. The summed E-state index contributed by atoms with van der Waals surface area (Å²) in [5, 5.41) is 6.06. The molecule has 11 nitrogen and oxygen atoms in total. The summed E-state index contributed by atoms with van der Waals surface area (Å²) in [6.07, 6.45) is 3.48. The van der Waals surface area contributed by atoms with Gasteiger partial charge in [-0.2, -0.15) is 0 Å². The number of carbonyl (C=O) groups excluding carboxylic acids is 4. The fourth-order valence-electron chi connectivity index (χ4n) is 6.59. The lowest BCUT2D eigenvalue weighted by atomic mass is 9.90. The molecule has 11 heteroatoms. The summed E-state index contributed by atoms with van der Waals surface area (Å²) in [5.41, 5.74) is 7.16. The molecular formula is C36H51N5O6. The molecular weight excluding hydrogens is 598 g/mol. The summed E-state index contributed by atoms with van der Waals surface area (Å²) < 4.78 is 10.8. The molecule has 0 saturated carbocycles. The highest BCUT2D eigenvalue weighted by Crippen LogP contribution is 2.35. The van der Waals surface area contributed by atoms with Crippen LogP contribution < -0.4 is 21.1 Å². The summed E-state index contributed by atoms with van der Waals surface area (Å²) in [6, 6.07) is 14.6. The zero-order chi connectivity index (χ0) is 34.1. The van der Waals surface area contributed by atoms with Gasteiger partial charge in [-0.3, -0.25) is 19.3 Å². The fourth-order valence-corrected chi connectivity index (χ4v) is 6.59. The molecule has 4 rings (SSSR count). The standard InChI is InChI=1S/C36H51N5O6/c1-36(2,3)47-35(45)40(4)30(23-25-9-7-6-8-10-25)33(43)39-31-26(19-21-37)13-14-27-15-18-29(41(27)34(31)44)32(42)38-22-20-24-11-16-28(46-5)17-12-24/h6-12,16-17,26-27,29-31H,13-15,18-23,37H2,1-5H3,(H,38,42)(H,39,43)/t26-,27+,29+,30-,31+/m1/s1. The maximum Gasteiger partial charge on any atom is 0.410 e. The van der Waals surface area contributed by atoms with Crippen molar-refractivity contribution in [2.45, 2.75) is 95.5 Å². The summed E-state index contributed by atoms with van der Waals surface area (Å²) in [4.78, 5) is 58.1. The first-order chi connectivity index (χ1) is 22.4. The number of ether oxygens (including phenoxy) is 2. The third-order valence-electron chi connectivity index (χ3n) is 9.10. The van der Waals surface area contributed by atoms with E-state index in [2.05, 4.69) is 10.6 Å². The molecule has 2 aromatic carbocycles. The number of carbonyl (C=O) groups is 4. The van der Waals surface area contributed by atoms with E-state index in [1.54, 1.807) is 32.8 Å². The minimum atomic E-state index is -0.937. The predicted molar refractivity (Wildman–Crippen MR) is 180 cm³/mol. The highest BCUT2D eigenvalue weighted by Gasteiger charge is 2.47. The number of methoxy groups -OCH3 is 1. The van der Waals surface area contributed by atoms with Crippen LogP contribution in [0.1, 0.15) is 64.0 Å². The lowest BCUT2D eigenvalue weighted by Gasteiger charge is -2.34. The van der Waals surface area contributed by atoms with Gasteiger partial charge in [-0.25, -0.2) is 4.79 Å². The van der Waals surface area contributed by atoms with Crippen molar-refractivity contribution in [3.63, 3.8) is 0 Å². The first kappa shape index (κ1) is 35.7. The molecule has 2 fully saturated rings. The number of hydrogen-bond acceptors (Lipinski definition) is 7. The quantitative estimate of drug-likeness (QED) is 0.320. The lowest BCUT2D eigenvalue weighted by Crippen LogP contribution is -2.59. The fraction of sp³-hybridized carbons (Fsp3) is 0.556. The van der Waals surface area contributed by atoms with Gasteiger partial charge in [0.05, 0.1) is 7.11 Å². The SMILES string of the molecule is COc1ccc(CCNC(=O)[C@@H]2CC[C@@H]3CC[C@H](CCN)[C@H](NC(=O)[C@@H](Cc4ccccc4)N(C)C(=O)OC(C)(C)C)C(=O)N32)cc1. The Bertz CT molecular complexity index is 1360. The van der Waals surface area contributed by atoms with E-state index >= 15 is 0 Å². The van der Waals surface area contributed by atoms with Crippen LogP contribution in [-0.2, 0) is 32.0 Å². The number of rotatable bonds is 12. The van der Waals surface area contributed by atoms with Crippen LogP contribution in [0.15, 0.2) is 54.6 Å². The molecule has 5 atom stereocenters. The van der Waals surface area contributed by atoms with Gasteiger partial charge in [-0.1, -0.05) is 42.5 Å². The van der Waals surface area contributed by atoms with Gasteiger partial charge in [0.2, 0.25) is 17.7 Å². The maximum atomic E-state index is 14.4. The van der Waals surface area contributed by atoms with E-state index in [1.807, 2.05) is 54.6 Å². The third kappa shape index (κ3) is 9.47. The van der Waals surface area contributed by atoms with E-state index in [-0.39, 0.29) is 30.2 Å². The molecule has 0 bridgehead atoms. The van der Waals surface area contributed by atoms with Gasteiger partial charge in [0, 0.05) is 26.1 Å². The molecule has 4 amide bonds.